The van der Waals surface area contributed by atoms with Crippen molar-refractivity contribution in [2.24, 2.45) is 0 Å². The maximum absolute atomic E-state index is 10.9. The molecule has 0 aromatic heterocycles. The minimum Gasteiger partial charge on any atom is -0.388 e. The molecule has 1 aromatic rings. The number of thioether (sulfide) groups is 1. The third kappa shape index (κ3) is 2.67. The van der Waals surface area contributed by atoms with Crippen molar-refractivity contribution in [3.63, 3.8) is 0 Å². The molecule has 0 spiro atoms. The maximum Gasteiger partial charge on any atom is 0.156 e. The molecule has 18 heavy (non-hydrogen) atoms. The van der Waals surface area contributed by atoms with Gasteiger partial charge in [0.15, 0.2) is 6.29 Å². The summed E-state index contributed by atoms with van der Waals surface area (Å²) >= 11 is 1.55. The van der Waals surface area contributed by atoms with Gasteiger partial charge in [-0.3, -0.25) is 4.79 Å². The van der Waals surface area contributed by atoms with Crippen LogP contribution in [0.1, 0.15) is 24.5 Å². The van der Waals surface area contributed by atoms with E-state index in [1.54, 1.807) is 11.8 Å². The van der Waals surface area contributed by atoms with E-state index in [0.29, 0.717) is 0 Å². The minimum atomic E-state index is 0.768. The monoisotopic (exact) mass is 259 g/mol. The van der Waals surface area contributed by atoms with Crippen molar-refractivity contribution in [1.29, 1.82) is 0 Å². The molecule has 0 bridgehead atoms. The molecule has 0 heterocycles. The lowest BCUT2D eigenvalue weighted by Crippen LogP contribution is -2.00. The Morgan fingerprint density at radius 3 is 2.94 bits per heavy atom. The number of allylic oxidation sites excluding steroid dienone is 3. The van der Waals surface area contributed by atoms with Crippen LogP contribution in [0.25, 0.3) is 4.91 Å². The molecule has 1 aliphatic rings. The van der Waals surface area contributed by atoms with Gasteiger partial charge in [0, 0.05) is 22.5 Å². The van der Waals surface area contributed by atoms with Crippen LogP contribution in [-0.2, 0) is 11.2 Å². The topological polar surface area (TPSA) is 29.1 Å². The van der Waals surface area contributed by atoms with Crippen LogP contribution >= 0.6 is 11.8 Å². The third-order valence-corrected chi connectivity index (χ3v) is 4.21. The van der Waals surface area contributed by atoms with Gasteiger partial charge < -0.3 is 5.32 Å². The fourth-order valence-electron chi connectivity index (χ4n) is 2.02. The Morgan fingerprint density at radius 2 is 2.28 bits per heavy atom. The highest BCUT2D eigenvalue weighted by atomic mass is 32.2. The summed E-state index contributed by atoms with van der Waals surface area (Å²) < 4.78 is 0. The summed E-state index contributed by atoms with van der Waals surface area (Å²) in [6.07, 6.45) is 7.12. The van der Waals surface area contributed by atoms with E-state index in [4.69, 9.17) is 0 Å². The van der Waals surface area contributed by atoms with Gasteiger partial charge in [0.25, 0.3) is 0 Å². The smallest absolute Gasteiger partial charge is 0.156 e. The van der Waals surface area contributed by atoms with E-state index in [1.165, 1.54) is 16.0 Å². The van der Waals surface area contributed by atoms with E-state index in [1.807, 2.05) is 20.0 Å². The lowest BCUT2D eigenvalue weighted by molar-refractivity contribution is -0.104. The number of anilines is 1. The number of carbonyl (C=O) groups is 1. The third-order valence-electron chi connectivity index (χ3n) is 3.04. The van der Waals surface area contributed by atoms with Gasteiger partial charge in [0.1, 0.15) is 0 Å². The predicted molar refractivity (Wildman–Crippen MR) is 79.7 cm³/mol. The van der Waals surface area contributed by atoms with E-state index in [2.05, 4.69) is 29.6 Å². The van der Waals surface area contributed by atoms with Gasteiger partial charge in [-0.1, -0.05) is 30.0 Å². The van der Waals surface area contributed by atoms with Crippen molar-refractivity contribution in [2.75, 3.05) is 12.4 Å². The number of benzene rings is 1. The summed E-state index contributed by atoms with van der Waals surface area (Å²) in [6, 6.07) is 6.43. The lowest BCUT2D eigenvalue weighted by atomic mass is 9.97. The van der Waals surface area contributed by atoms with E-state index in [-0.39, 0.29) is 0 Å². The Kier molecular flexibility index (Phi) is 4.26. The van der Waals surface area contributed by atoms with Crippen LogP contribution in [0.4, 0.5) is 5.69 Å². The summed E-state index contributed by atoms with van der Waals surface area (Å²) in [5.74, 6) is 0. The molecule has 0 fully saturated rings. The Morgan fingerprint density at radius 1 is 1.44 bits per heavy atom. The number of rotatable bonds is 4. The number of aryl methyl sites for hydroxylation is 1. The van der Waals surface area contributed by atoms with E-state index in [0.717, 1.165) is 29.7 Å². The molecule has 94 valence electrons. The van der Waals surface area contributed by atoms with Crippen LogP contribution in [0.15, 0.2) is 35.3 Å². The fourth-order valence-corrected chi connectivity index (χ4v) is 2.94. The van der Waals surface area contributed by atoms with Crippen LogP contribution < -0.4 is 5.32 Å². The number of hydrogen-bond acceptors (Lipinski definition) is 3. The van der Waals surface area contributed by atoms with E-state index < -0.39 is 0 Å². The first-order valence-electron chi connectivity index (χ1n) is 6.09. The molecule has 0 saturated heterocycles. The summed E-state index contributed by atoms with van der Waals surface area (Å²) in [5, 5.41) is 3.16. The van der Waals surface area contributed by atoms with Gasteiger partial charge in [-0.25, -0.2) is 0 Å². The average molecular weight is 259 g/mol. The number of fused-ring (bicyclic) bond motifs is 1. The number of nitrogens with one attached hydrogen (secondary N) is 1. The first kappa shape index (κ1) is 13.0. The fraction of sp³-hybridized carbons (Fsp3) is 0.267. The molecule has 0 radical (unpaired) electrons. The molecule has 1 N–H and O–H groups in total. The van der Waals surface area contributed by atoms with E-state index in [9.17, 15) is 4.79 Å². The van der Waals surface area contributed by atoms with Crippen molar-refractivity contribution in [3.8, 4) is 0 Å². The van der Waals surface area contributed by atoms with Crippen LogP contribution in [0.5, 0.6) is 0 Å². The number of hydrogen-bond donors (Lipinski definition) is 1. The standard InChI is InChI=1S/C15H17NOS/c1-3-13(10-17)18-15-6-4-5-11-7-8-12(16-2)9-14(11)15/h3,6-10,16H,4-5H2,1-2H3/b13-3-. The van der Waals surface area contributed by atoms with Gasteiger partial charge in [-0.15, -0.1) is 0 Å². The largest absolute Gasteiger partial charge is 0.388 e. The molecule has 3 heteroatoms. The number of carbonyl (C=O) groups excluding carboxylic acids is 1. The molecule has 0 unspecified atom stereocenters. The van der Waals surface area contributed by atoms with Crippen molar-refractivity contribution < 1.29 is 4.79 Å². The Bertz CT molecular complexity index is 517. The highest BCUT2D eigenvalue weighted by Gasteiger charge is 2.14. The summed E-state index contributed by atoms with van der Waals surface area (Å²) in [5.41, 5.74) is 3.72. The molecular formula is C15H17NOS. The normalized spacial score (nSPS) is 14.8. The van der Waals surface area contributed by atoms with Crippen molar-refractivity contribution in [3.05, 3.63) is 46.4 Å². The Labute approximate surface area is 112 Å². The lowest BCUT2D eigenvalue weighted by Gasteiger charge is -2.18. The first-order valence-corrected chi connectivity index (χ1v) is 6.90. The molecule has 0 amide bonds. The molecule has 0 saturated carbocycles. The second kappa shape index (κ2) is 5.91. The SMILES string of the molecule is C/C=C(/C=O)SC1=CCCc2ccc(NC)cc21. The molecule has 1 aromatic carbocycles. The molecule has 2 rings (SSSR count). The highest BCUT2D eigenvalue weighted by Crippen LogP contribution is 2.39. The van der Waals surface area contributed by atoms with E-state index >= 15 is 0 Å². The summed E-state index contributed by atoms with van der Waals surface area (Å²) in [6.45, 7) is 1.89. The van der Waals surface area contributed by atoms with Crippen LogP contribution in [0, 0.1) is 0 Å². The predicted octanol–water partition coefficient (Wildman–Crippen LogP) is 3.85. The van der Waals surface area contributed by atoms with Crippen LogP contribution in [-0.4, -0.2) is 13.3 Å². The van der Waals surface area contributed by atoms with Gasteiger partial charge >= 0.3 is 0 Å². The zero-order valence-electron chi connectivity index (χ0n) is 10.7. The molecule has 0 aliphatic heterocycles. The van der Waals surface area contributed by atoms with Crippen LogP contribution in [0.2, 0.25) is 0 Å². The summed E-state index contributed by atoms with van der Waals surface area (Å²) in [7, 11) is 1.92. The molecule has 0 atom stereocenters. The molecule has 2 nitrogen and oxygen atoms in total. The highest BCUT2D eigenvalue weighted by molar-refractivity contribution is 8.12. The van der Waals surface area contributed by atoms with Gasteiger partial charge in [-0.2, -0.15) is 0 Å². The summed E-state index contributed by atoms with van der Waals surface area (Å²) in [4.78, 5) is 12.9. The first-order chi connectivity index (χ1) is 8.78. The van der Waals surface area contributed by atoms with Crippen molar-refractivity contribution in [1.82, 2.24) is 0 Å². The molecular weight excluding hydrogens is 242 g/mol. The van der Waals surface area contributed by atoms with Crippen molar-refractivity contribution >= 4 is 28.6 Å². The Balaban J connectivity index is 2.34. The van der Waals surface area contributed by atoms with Crippen molar-refractivity contribution in [2.45, 2.75) is 19.8 Å². The zero-order valence-corrected chi connectivity index (χ0v) is 11.5. The second-order valence-electron chi connectivity index (χ2n) is 4.14. The van der Waals surface area contributed by atoms with Gasteiger partial charge in [0.05, 0.1) is 0 Å². The average Bonchev–Trinajstić information content (AvgIpc) is 2.44. The van der Waals surface area contributed by atoms with Gasteiger partial charge in [0.2, 0.25) is 0 Å². The second-order valence-corrected chi connectivity index (χ2v) is 5.26. The maximum atomic E-state index is 10.9. The quantitative estimate of drug-likeness (QED) is 0.657. The Hall–Kier alpha value is -1.48. The van der Waals surface area contributed by atoms with Crippen LogP contribution in [0.3, 0.4) is 0 Å². The molecule has 1 aliphatic carbocycles. The van der Waals surface area contributed by atoms with Gasteiger partial charge in [-0.05, 0) is 43.0 Å². The number of aldehydes is 1. The zero-order chi connectivity index (χ0) is 13.0. The minimum absolute atomic E-state index is 0.768.